The van der Waals surface area contributed by atoms with Crippen LogP contribution in [-0.2, 0) is 6.54 Å². The van der Waals surface area contributed by atoms with Gasteiger partial charge in [-0.25, -0.2) is 4.98 Å². The second-order valence-electron chi connectivity index (χ2n) is 6.22. The summed E-state index contributed by atoms with van der Waals surface area (Å²) in [5.74, 6) is 0. The molecule has 0 aliphatic heterocycles. The largest absolute Gasteiger partial charge is 0.363 e. The zero-order valence-electron chi connectivity index (χ0n) is 14.0. The third-order valence-electron chi connectivity index (χ3n) is 4.00. The first-order valence-electron chi connectivity index (χ1n) is 7.95. The van der Waals surface area contributed by atoms with E-state index in [9.17, 15) is 4.79 Å². The van der Waals surface area contributed by atoms with Crippen molar-refractivity contribution in [2.24, 2.45) is 0 Å². The summed E-state index contributed by atoms with van der Waals surface area (Å²) in [6.07, 6.45) is 1.59. The number of rotatable bonds is 4. The first-order chi connectivity index (χ1) is 11.4. The maximum absolute atomic E-state index is 12.3. The molecule has 0 aliphatic rings. The smallest absolute Gasteiger partial charge is 0.258 e. The van der Waals surface area contributed by atoms with Crippen molar-refractivity contribution in [3.63, 3.8) is 0 Å². The van der Waals surface area contributed by atoms with Gasteiger partial charge in [0.05, 0.1) is 17.3 Å². The van der Waals surface area contributed by atoms with Crippen LogP contribution in [0.3, 0.4) is 0 Å². The lowest BCUT2D eigenvalue weighted by atomic mass is 10.2. The average molecular weight is 342 g/mol. The Labute approximate surface area is 146 Å². The van der Waals surface area contributed by atoms with E-state index in [2.05, 4.69) is 54.9 Å². The van der Waals surface area contributed by atoms with E-state index < -0.39 is 0 Å². The Balaban J connectivity index is 1.98. The van der Waals surface area contributed by atoms with E-state index in [0.717, 1.165) is 11.4 Å². The molecule has 3 rings (SSSR count). The van der Waals surface area contributed by atoms with Gasteiger partial charge in [-0.15, -0.1) is 0 Å². The van der Waals surface area contributed by atoms with Gasteiger partial charge in [-0.2, -0.15) is 0 Å². The second-order valence-corrected chi connectivity index (χ2v) is 6.65. The van der Waals surface area contributed by atoms with Crippen LogP contribution in [0.25, 0.3) is 5.65 Å². The molecule has 5 heteroatoms. The standard InChI is InChI=1S/C19H20ClN3O/c1-13(2)22(17-7-4-14(3)5-8-17)12-16-10-19(24)23-11-15(20)6-9-18(23)21-16/h4-11,13H,12H2,1-3H3. The third kappa shape index (κ3) is 3.44. The van der Waals surface area contributed by atoms with Crippen LogP contribution in [0.2, 0.25) is 5.02 Å². The number of anilines is 1. The van der Waals surface area contributed by atoms with Gasteiger partial charge in [-0.3, -0.25) is 9.20 Å². The zero-order chi connectivity index (χ0) is 17.3. The second kappa shape index (κ2) is 6.65. The SMILES string of the molecule is Cc1ccc(N(Cc2cc(=O)n3cc(Cl)ccc3n2)C(C)C)cc1. The summed E-state index contributed by atoms with van der Waals surface area (Å²) in [5.41, 5.74) is 3.58. The normalized spacial score (nSPS) is 11.2. The van der Waals surface area contributed by atoms with Crippen molar-refractivity contribution in [1.82, 2.24) is 9.38 Å². The number of halogens is 1. The van der Waals surface area contributed by atoms with Crippen molar-refractivity contribution in [2.45, 2.75) is 33.4 Å². The first kappa shape index (κ1) is 16.5. The minimum absolute atomic E-state index is 0.120. The Morgan fingerprint density at radius 3 is 2.54 bits per heavy atom. The molecule has 0 saturated carbocycles. The molecular formula is C19H20ClN3O. The van der Waals surface area contributed by atoms with Gasteiger partial charge in [-0.1, -0.05) is 29.3 Å². The summed E-state index contributed by atoms with van der Waals surface area (Å²) in [6, 6.07) is 13.8. The summed E-state index contributed by atoms with van der Waals surface area (Å²) in [4.78, 5) is 19.2. The van der Waals surface area contributed by atoms with E-state index in [4.69, 9.17) is 11.6 Å². The molecule has 0 saturated heterocycles. The van der Waals surface area contributed by atoms with Crippen LogP contribution in [0.5, 0.6) is 0 Å². The van der Waals surface area contributed by atoms with Crippen molar-refractivity contribution in [2.75, 3.05) is 4.90 Å². The van der Waals surface area contributed by atoms with Gasteiger partial charge in [0, 0.05) is 24.0 Å². The number of hydrogen-bond donors (Lipinski definition) is 0. The topological polar surface area (TPSA) is 37.6 Å². The number of fused-ring (bicyclic) bond motifs is 1. The summed E-state index contributed by atoms with van der Waals surface area (Å²) >= 11 is 5.95. The molecule has 2 aromatic heterocycles. The number of hydrogen-bond acceptors (Lipinski definition) is 3. The van der Waals surface area contributed by atoms with E-state index in [1.165, 1.54) is 9.96 Å². The fraction of sp³-hybridized carbons (Fsp3) is 0.263. The zero-order valence-corrected chi connectivity index (χ0v) is 14.8. The number of aryl methyl sites for hydroxylation is 1. The molecule has 0 spiro atoms. The highest BCUT2D eigenvalue weighted by Gasteiger charge is 2.13. The van der Waals surface area contributed by atoms with E-state index in [0.29, 0.717) is 17.2 Å². The summed E-state index contributed by atoms with van der Waals surface area (Å²) in [7, 11) is 0. The predicted octanol–water partition coefficient (Wildman–Crippen LogP) is 4.07. The molecule has 3 aromatic rings. The van der Waals surface area contributed by atoms with Gasteiger partial charge in [0.1, 0.15) is 5.65 Å². The summed E-state index contributed by atoms with van der Waals surface area (Å²) in [6.45, 7) is 6.91. The minimum Gasteiger partial charge on any atom is -0.363 e. The molecule has 0 bridgehead atoms. The monoisotopic (exact) mass is 341 g/mol. The first-order valence-corrected chi connectivity index (χ1v) is 8.33. The molecule has 0 atom stereocenters. The van der Waals surface area contributed by atoms with Gasteiger partial charge < -0.3 is 4.90 Å². The Morgan fingerprint density at radius 1 is 1.17 bits per heavy atom. The van der Waals surface area contributed by atoms with Gasteiger partial charge in [0.2, 0.25) is 0 Å². The van der Waals surface area contributed by atoms with Crippen molar-refractivity contribution in [1.29, 1.82) is 0 Å². The molecule has 0 N–H and O–H groups in total. The van der Waals surface area contributed by atoms with Gasteiger partial charge in [0.15, 0.2) is 0 Å². The van der Waals surface area contributed by atoms with E-state index in [1.807, 2.05) is 0 Å². The van der Waals surface area contributed by atoms with Crippen molar-refractivity contribution < 1.29 is 0 Å². The fourth-order valence-electron chi connectivity index (χ4n) is 2.69. The Hall–Kier alpha value is -2.33. The highest BCUT2D eigenvalue weighted by molar-refractivity contribution is 6.30. The average Bonchev–Trinajstić information content (AvgIpc) is 2.54. The number of nitrogens with zero attached hydrogens (tertiary/aromatic N) is 3. The van der Waals surface area contributed by atoms with Crippen molar-refractivity contribution in [3.05, 3.63) is 75.3 Å². The molecule has 0 aliphatic carbocycles. The van der Waals surface area contributed by atoms with Gasteiger partial charge >= 0.3 is 0 Å². The molecule has 124 valence electrons. The number of pyridine rings is 1. The van der Waals surface area contributed by atoms with Crippen LogP contribution in [0.1, 0.15) is 25.1 Å². The van der Waals surface area contributed by atoms with Crippen molar-refractivity contribution >= 4 is 22.9 Å². The summed E-state index contributed by atoms with van der Waals surface area (Å²) < 4.78 is 1.47. The van der Waals surface area contributed by atoms with Crippen LogP contribution in [0.4, 0.5) is 5.69 Å². The molecule has 0 unspecified atom stereocenters. The van der Waals surface area contributed by atoms with Crippen LogP contribution < -0.4 is 10.5 Å². The maximum Gasteiger partial charge on any atom is 0.258 e. The highest BCUT2D eigenvalue weighted by atomic mass is 35.5. The molecule has 0 radical (unpaired) electrons. The molecule has 0 fully saturated rings. The Kier molecular flexibility index (Phi) is 4.58. The predicted molar refractivity (Wildman–Crippen MR) is 99.0 cm³/mol. The Bertz CT molecular complexity index is 916. The highest BCUT2D eigenvalue weighted by Crippen LogP contribution is 2.20. The van der Waals surface area contributed by atoms with Crippen LogP contribution in [0, 0.1) is 6.92 Å². The van der Waals surface area contributed by atoms with Gasteiger partial charge in [-0.05, 0) is 45.0 Å². The van der Waals surface area contributed by atoms with Crippen LogP contribution >= 0.6 is 11.6 Å². The lowest BCUT2D eigenvalue weighted by molar-refractivity contribution is 0.672. The quantitative estimate of drug-likeness (QED) is 0.717. The summed E-state index contributed by atoms with van der Waals surface area (Å²) in [5, 5.41) is 0.516. The molecule has 4 nitrogen and oxygen atoms in total. The van der Waals surface area contributed by atoms with Crippen LogP contribution in [-0.4, -0.2) is 15.4 Å². The van der Waals surface area contributed by atoms with E-state index in [1.54, 1.807) is 24.4 Å². The number of benzene rings is 1. The Morgan fingerprint density at radius 2 is 1.88 bits per heavy atom. The molecule has 24 heavy (non-hydrogen) atoms. The maximum atomic E-state index is 12.3. The molecule has 2 heterocycles. The molecule has 1 aromatic carbocycles. The third-order valence-corrected chi connectivity index (χ3v) is 4.22. The van der Waals surface area contributed by atoms with Crippen molar-refractivity contribution in [3.8, 4) is 0 Å². The molecule has 0 amide bonds. The number of aromatic nitrogens is 2. The lowest BCUT2D eigenvalue weighted by Crippen LogP contribution is -2.31. The lowest BCUT2D eigenvalue weighted by Gasteiger charge is -2.29. The van der Waals surface area contributed by atoms with E-state index in [-0.39, 0.29) is 11.6 Å². The minimum atomic E-state index is -0.120. The van der Waals surface area contributed by atoms with E-state index >= 15 is 0 Å². The van der Waals surface area contributed by atoms with Gasteiger partial charge in [0.25, 0.3) is 5.56 Å². The van der Waals surface area contributed by atoms with Crippen LogP contribution in [0.15, 0.2) is 53.5 Å². The molecular weight excluding hydrogens is 322 g/mol. The fourth-order valence-corrected chi connectivity index (χ4v) is 2.85.